The highest BCUT2D eigenvalue weighted by molar-refractivity contribution is 4.92. The van der Waals surface area contributed by atoms with Gasteiger partial charge < -0.3 is 4.85 Å². The van der Waals surface area contributed by atoms with Crippen LogP contribution in [-0.2, 0) is 0 Å². The first kappa shape index (κ1) is 6.47. The number of hydrogen-bond donors (Lipinski definition) is 0. The van der Waals surface area contributed by atoms with Crippen LogP contribution in [0.3, 0.4) is 0 Å². The summed E-state index contributed by atoms with van der Waals surface area (Å²) in [5.74, 6) is -2.55. The van der Waals surface area contributed by atoms with E-state index in [0.29, 0.717) is 6.42 Å². The highest BCUT2D eigenvalue weighted by atomic mass is 19.3. The first-order chi connectivity index (χ1) is 4.14. The lowest BCUT2D eigenvalue weighted by Gasteiger charge is -2.02. The zero-order valence-electron chi connectivity index (χ0n) is 4.90. The first-order valence-corrected chi connectivity index (χ1v) is 2.88. The second kappa shape index (κ2) is 1.94. The van der Waals surface area contributed by atoms with Crippen LogP contribution in [0.4, 0.5) is 8.78 Å². The molecule has 1 atom stereocenters. The molecule has 0 aliphatic heterocycles. The van der Waals surface area contributed by atoms with E-state index in [1.807, 2.05) is 0 Å². The van der Waals surface area contributed by atoms with Gasteiger partial charge in [0, 0.05) is 12.8 Å². The van der Waals surface area contributed by atoms with Crippen LogP contribution in [0.1, 0.15) is 19.3 Å². The maximum absolute atomic E-state index is 12.2. The van der Waals surface area contributed by atoms with E-state index in [4.69, 9.17) is 6.57 Å². The number of alkyl halides is 2. The molecule has 1 nitrogen and oxygen atoms in total. The van der Waals surface area contributed by atoms with Gasteiger partial charge in [0.15, 0.2) is 0 Å². The van der Waals surface area contributed by atoms with Gasteiger partial charge in [0.05, 0.1) is 6.42 Å². The summed E-state index contributed by atoms with van der Waals surface area (Å²) < 4.78 is 24.5. The van der Waals surface area contributed by atoms with Crippen LogP contribution in [0, 0.1) is 6.57 Å². The van der Waals surface area contributed by atoms with Crippen molar-refractivity contribution in [1.29, 1.82) is 0 Å². The van der Waals surface area contributed by atoms with Crippen molar-refractivity contribution in [3.05, 3.63) is 11.4 Å². The van der Waals surface area contributed by atoms with Crippen molar-refractivity contribution in [1.82, 2.24) is 0 Å². The molecule has 50 valence electrons. The molecule has 1 rings (SSSR count). The molecular weight excluding hydrogens is 124 g/mol. The van der Waals surface area contributed by atoms with Crippen molar-refractivity contribution < 1.29 is 8.78 Å². The zero-order valence-corrected chi connectivity index (χ0v) is 4.90. The molecule has 9 heavy (non-hydrogen) atoms. The fraction of sp³-hybridized carbons (Fsp3) is 0.833. The van der Waals surface area contributed by atoms with Gasteiger partial charge >= 0.3 is 0 Å². The maximum atomic E-state index is 12.2. The van der Waals surface area contributed by atoms with E-state index in [-0.39, 0.29) is 12.8 Å². The van der Waals surface area contributed by atoms with Crippen LogP contribution in [0.5, 0.6) is 0 Å². The molecule has 0 heterocycles. The minimum atomic E-state index is -2.55. The Morgan fingerprint density at radius 2 is 2.22 bits per heavy atom. The summed E-state index contributed by atoms with van der Waals surface area (Å²) in [7, 11) is 0. The number of halogens is 2. The van der Waals surface area contributed by atoms with Crippen molar-refractivity contribution in [2.75, 3.05) is 0 Å². The average molecular weight is 131 g/mol. The van der Waals surface area contributed by atoms with Crippen LogP contribution in [0.15, 0.2) is 0 Å². The molecule has 1 saturated carbocycles. The predicted octanol–water partition coefficient (Wildman–Crippen LogP) is 2.09. The Morgan fingerprint density at radius 3 is 2.44 bits per heavy atom. The lowest BCUT2D eigenvalue weighted by Crippen LogP contribution is -2.09. The summed E-state index contributed by atoms with van der Waals surface area (Å²) in [6, 6.07) is -0.417. The van der Waals surface area contributed by atoms with E-state index in [1.165, 1.54) is 0 Å². The minimum Gasteiger partial charge on any atom is -0.313 e. The molecule has 0 aromatic rings. The Hall–Kier alpha value is -0.650. The van der Waals surface area contributed by atoms with Gasteiger partial charge in [0.1, 0.15) is 0 Å². The van der Waals surface area contributed by atoms with Gasteiger partial charge in [-0.25, -0.2) is 15.4 Å². The summed E-state index contributed by atoms with van der Waals surface area (Å²) in [5.41, 5.74) is 0. The molecule has 0 N–H and O–H groups in total. The van der Waals surface area contributed by atoms with Crippen molar-refractivity contribution in [3.63, 3.8) is 0 Å². The number of rotatable bonds is 0. The van der Waals surface area contributed by atoms with E-state index in [0.717, 1.165) is 0 Å². The Bertz CT molecular complexity index is 148. The van der Waals surface area contributed by atoms with E-state index in [9.17, 15) is 8.78 Å². The smallest absolute Gasteiger partial charge is 0.255 e. The quantitative estimate of drug-likeness (QED) is 0.443. The predicted molar refractivity (Wildman–Crippen MR) is 29.2 cm³/mol. The fourth-order valence-corrected chi connectivity index (χ4v) is 1.04. The van der Waals surface area contributed by atoms with Crippen molar-refractivity contribution >= 4 is 0 Å². The summed E-state index contributed by atoms with van der Waals surface area (Å²) in [6.45, 7) is 6.47. The zero-order chi connectivity index (χ0) is 6.91. The van der Waals surface area contributed by atoms with Crippen molar-refractivity contribution in [2.24, 2.45) is 0 Å². The molecule has 0 amide bonds. The molecular formula is C6H7F2N. The second-order valence-electron chi connectivity index (χ2n) is 2.38. The van der Waals surface area contributed by atoms with Crippen molar-refractivity contribution in [3.8, 4) is 0 Å². The normalized spacial score (nSPS) is 31.9. The molecule has 0 aromatic carbocycles. The standard InChI is InChI=1S/C6H7F2N/c1-9-5-2-3-6(7,8)4-5/h5H,2-4H2/t5-/m1/s1. The summed E-state index contributed by atoms with van der Waals surface area (Å²) in [5, 5.41) is 0. The molecule has 0 radical (unpaired) electrons. The van der Waals surface area contributed by atoms with Gasteiger partial charge in [-0.3, -0.25) is 0 Å². The topological polar surface area (TPSA) is 4.36 Å². The van der Waals surface area contributed by atoms with Gasteiger partial charge in [0.25, 0.3) is 5.92 Å². The van der Waals surface area contributed by atoms with Gasteiger partial charge in [-0.05, 0) is 0 Å². The van der Waals surface area contributed by atoms with Gasteiger partial charge in [0.2, 0.25) is 6.04 Å². The van der Waals surface area contributed by atoms with Gasteiger partial charge in [-0.2, -0.15) is 0 Å². The molecule has 1 fully saturated rings. The number of hydrogen-bond acceptors (Lipinski definition) is 0. The SMILES string of the molecule is [C-]#[N+][C@@H]1CCC(F)(F)C1. The molecule has 1 aliphatic carbocycles. The highest BCUT2D eigenvalue weighted by Gasteiger charge is 2.42. The molecule has 0 spiro atoms. The molecule has 0 unspecified atom stereocenters. The summed E-state index contributed by atoms with van der Waals surface area (Å²) in [6.07, 6.45) is 0.0487. The Labute approximate surface area is 52.5 Å². The Morgan fingerprint density at radius 1 is 1.56 bits per heavy atom. The van der Waals surface area contributed by atoms with Crippen molar-refractivity contribution in [2.45, 2.75) is 31.2 Å². The molecule has 0 saturated heterocycles. The third kappa shape index (κ3) is 1.38. The first-order valence-electron chi connectivity index (χ1n) is 2.88. The largest absolute Gasteiger partial charge is 0.313 e. The summed E-state index contributed by atoms with van der Waals surface area (Å²) >= 11 is 0. The summed E-state index contributed by atoms with van der Waals surface area (Å²) in [4.78, 5) is 3.05. The van der Waals surface area contributed by atoms with Gasteiger partial charge in [-0.15, -0.1) is 0 Å². The van der Waals surface area contributed by atoms with Crippen LogP contribution >= 0.6 is 0 Å². The van der Waals surface area contributed by atoms with E-state index >= 15 is 0 Å². The van der Waals surface area contributed by atoms with Gasteiger partial charge in [-0.1, -0.05) is 0 Å². The molecule has 3 heteroatoms. The lowest BCUT2D eigenvalue weighted by atomic mass is 10.3. The van der Waals surface area contributed by atoms with E-state index in [1.54, 1.807) is 0 Å². The number of nitrogens with zero attached hydrogens (tertiary/aromatic N) is 1. The van der Waals surface area contributed by atoms with Crippen LogP contribution < -0.4 is 0 Å². The third-order valence-corrected chi connectivity index (χ3v) is 1.56. The Balaban J connectivity index is 2.50. The average Bonchev–Trinajstić information content (AvgIpc) is 2.10. The fourth-order valence-electron chi connectivity index (χ4n) is 1.04. The third-order valence-electron chi connectivity index (χ3n) is 1.56. The van der Waals surface area contributed by atoms with Crippen LogP contribution in [-0.4, -0.2) is 12.0 Å². The lowest BCUT2D eigenvalue weighted by molar-refractivity contribution is 0.00889. The second-order valence-corrected chi connectivity index (χ2v) is 2.38. The van der Waals surface area contributed by atoms with E-state index < -0.39 is 12.0 Å². The maximum Gasteiger partial charge on any atom is 0.255 e. The highest BCUT2D eigenvalue weighted by Crippen LogP contribution is 2.36. The molecule has 0 bridgehead atoms. The van der Waals surface area contributed by atoms with Crippen LogP contribution in [0.25, 0.3) is 4.85 Å². The Kier molecular flexibility index (Phi) is 1.40. The monoisotopic (exact) mass is 131 g/mol. The molecule has 1 aliphatic rings. The minimum absolute atomic E-state index is 0.0972. The molecule has 0 aromatic heterocycles. The van der Waals surface area contributed by atoms with E-state index in [2.05, 4.69) is 4.85 Å². The van der Waals surface area contributed by atoms with Crippen LogP contribution in [0.2, 0.25) is 0 Å².